The molecule has 3 aromatic rings. The fourth-order valence-electron chi connectivity index (χ4n) is 3.03. The van der Waals surface area contributed by atoms with E-state index < -0.39 is 23.2 Å². The lowest BCUT2D eigenvalue weighted by Gasteiger charge is -2.13. The number of hydrogen-bond acceptors (Lipinski definition) is 4. The van der Waals surface area contributed by atoms with Gasteiger partial charge in [-0.1, -0.05) is 55.5 Å². The minimum atomic E-state index is -0.830. The van der Waals surface area contributed by atoms with Crippen LogP contribution in [0.4, 0.5) is 4.79 Å². The van der Waals surface area contributed by atoms with Crippen molar-refractivity contribution in [3.63, 3.8) is 0 Å². The highest BCUT2D eigenvalue weighted by Crippen LogP contribution is 2.19. The molecule has 2 aromatic carbocycles. The largest absolute Gasteiger partial charge is 0.493 e. The number of para-hydroxylation sites is 1. The van der Waals surface area contributed by atoms with Gasteiger partial charge in [0.25, 0.3) is 5.56 Å². The fourth-order valence-corrected chi connectivity index (χ4v) is 3.03. The minimum absolute atomic E-state index is 0.279. The van der Waals surface area contributed by atoms with Gasteiger partial charge in [0.05, 0.1) is 11.9 Å². The van der Waals surface area contributed by atoms with Crippen LogP contribution < -0.4 is 16.6 Å². The van der Waals surface area contributed by atoms with Gasteiger partial charge in [0.1, 0.15) is 5.56 Å². The maximum atomic E-state index is 12.3. The first-order valence-electron chi connectivity index (χ1n) is 9.53. The fraction of sp³-hybridized carbons (Fsp3) is 0.182. The van der Waals surface area contributed by atoms with E-state index >= 15 is 0 Å². The van der Waals surface area contributed by atoms with Crippen LogP contribution in [-0.2, 0) is 12.8 Å². The number of nitrogens with zero attached hydrogens (tertiary/aromatic N) is 2. The number of nitrogens with one attached hydrogen (secondary N) is 2. The van der Waals surface area contributed by atoms with Crippen molar-refractivity contribution in [3.05, 3.63) is 92.1 Å². The summed E-state index contributed by atoms with van der Waals surface area (Å²) in [5, 5.41) is 13.2. The Morgan fingerprint density at radius 3 is 2.57 bits per heavy atom. The van der Waals surface area contributed by atoms with Crippen molar-refractivity contribution in [2.45, 2.75) is 19.8 Å². The van der Waals surface area contributed by atoms with Crippen LogP contribution in [0, 0.1) is 0 Å². The maximum Gasteiger partial charge on any atom is 0.340 e. The molecule has 0 aliphatic carbocycles. The number of carbonyl (C=O) groups is 1. The number of urea groups is 1. The molecule has 0 saturated heterocycles. The lowest BCUT2D eigenvalue weighted by molar-refractivity contribution is 0.249. The van der Waals surface area contributed by atoms with Crippen molar-refractivity contribution in [3.8, 4) is 11.6 Å². The van der Waals surface area contributed by atoms with Gasteiger partial charge in [-0.15, -0.1) is 0 Å². The smallest absolute Gasteiger partial charge is 0.340 e. The second kappa shape index (κ2) is 9.51. The first-order chi connectivity index (χ1) is 14.5. The molecule has 0 bridgehead atoms. The predicted octanol–water partition coefficient (Wildman–Crippen LogP) is 2.17. The molecule has 1 aromatic heterocycles. The number of H-pyrrole nitrogens is 1. The summed E-state index contributed by atoms with van der Waals surface area (Å²) in [6.07, 6.45) is 2.21. The Balaban J connectivity index is 1.81. The van der Waals surface area contributed by atoms with Crippen LogP contribution in [0.5, 0.6) is 5.88 Å². The topological polar surface area (TPSA) is 117 Å². The van der Waals surface area contributed by atoms with E-state index in [4.69, 9.17) is 0 Å². The predicted molar refractivity (Wildman–Crippen MR) is 115 cm³/mol. The van der Waals surface area contributed by atoms with Crippen LogP contribution in [-0.4, -0.2) is 33.4 Å². The summed E-state index contributed by atoms with van der Waals surface area (Å²) in [4.78, 5) is 42.3. The third-order valence-electron chi connectivity index (χ3n) is 4.58. The van der Waals surface area contributed by atoms with E-state index in [9.17, 15) is 19.5 Å². The molecule has 2 amide bonds. The Morgan fingerprint density at radius 2 is 1.83 bits per heavy atom. The normalized spacial score (nSPS) is 11.0. The van der Waals surface area contributed by atoms with E-state index in [-0.39, 0.29) is 5.56 Å². The number of carbonyl (C=O) groups excluding carboxylic acids is 1. The number of aromatic hydroxyl groups is 1. The number of aryl methyl sites for hydroxylation is 1. The van der Waals surface area contributed by atoms with Crippen molar-refractivity contribution in [1.29, 1.82) is 0 Å². The summed E-state index contributed by atoms with van der Waals surface area (Å²) in [5.41, 5.74) is 0.437. The molecule has 0 unspecified atom stereocenters. The Hall–Kier alpha value is -3.94. The molecular formula is C22H22N4O4. The van der Waals surface area contributed by atoms with Gasteiger partial charge in [-0.05, 0) is 30.0 Å². The number of aromatic amines is 1. The number of aliphatic imine (C=N–C) groups is 1. The third kappa shape index (κ3) is 4.72. The van der Waals surface area contributed by atoms with Crippen molar-refractivity contribution < 1.29 is 9.90 Å². The molecule has 1 heterocycles. The van der Waals surface area contributed by atoms with Crippen molar-refractivity contribution in [2.75, 3.05) is 6.54 Å². The van der Waals surface area contributed by atoms with Gasteiger partial charge in [0, 0.05) is 6.54 Å². The number of hydrogen-bond donors (Lipinski definition) is 3. The maximum absolute atomic E-state index is 12.3. The zero-order chi connectivity index (χ0) is 21.5. The molecule has 0 fully saturated rings. The molecule has 0 radical (unpaired) electrons. The molecule has 30 heavy (non-hydrogen) atoms. The van der Waals surface area contributed by atoms with Crippen LogP contribution in [0.3, 0.4) is 0 Å². The molecule has 0 atom stereocenters. The van der Waals surface area contributed by atoms with E-state index in [1.54, 1.807) is 12.1 Å². The zero-order valence-electron chi connectivity index (χ0n) is 16.5. The van der Waals surface area contributed by atoms with Crippen LogP contribution in [0.15, 0.2) is 69.2 Å². The van der Waals surface area contributed by atoms with Crippen LogP contribution in [0.2, 0.25) is 0 Å². The van der Waals surface area contributed by atoms with Crippen LogP contribution in [0.1, 0.15) is 23.6 Å². The first-order valence-corrected chi connectivity index (χ1v) is 9.53. The SMILES string of the molecule is CCc1ccccc1-n1c(O)c(C=NC(=O)NCCc2ccccc2)c(=O)[nH]c1=O. The molecule has 8 heteroatoms. The molecule has 154 valence electrons. The zero-order valence-corrected chi connectivity index (χ0v) is 16.5. The molecular weight excluding hydrogens is 384 g/mol. The van der Waals surface area contributed by atoms with Crippen molar-refractivity contribution in [2.24, 2.45) is 4.99 Å². The third-order valence-corrected chi connectivity index (χ3v) is 4.58. The second-order valence-corrected chi connectivity index (χ2v) is 6.54. The standard InChI is InChI=1S/C22H22N4O4/c1-2-16-10-6-7-11-18(16)26-20(28)17(19(27)25-22(26)30)14-24-21(29)23-13-12-15-8-4-3-5-9-15/h3-11,14,28H,2,12-13H2,1H3,(H,23,29)(H,25,27,30). The molecule has 3 N–H and O–H groups in total. The van der Waals surface area contributed by atoms with E-state index in [2.05, 4.69) is 15.3 Å². The molecule has 3 rings (SSSR count). The monoisotopic (exact) mass is 406 g/mol. The van der Waals surface area contributed by atoms with Crippen molar-refractivity contribution >= 4 is 12.2 Å². The van der Waals surface area contributed by atoms with Gasteiger partial charge in [-0.2, -0.15) is 0 Å². The summed E-state index contributed by atoms with van der Waals surface area (Å²) < 4.78 is 0.995. The molecule has 0 saturated carbocycles. The van der Waals surface area contributed by atoms with Gasteiger partial charge in [-0.3, -0.25) is 9.78 Å². The Kier molecular flexibility index (Phi) is 6.59. The number of amides is 2. The summed E-state index contributed by atoms with van der Waals surface area (Å²) in [7, 11) is 0. The summed E-state index contributed by atoms with van der Waals surface area (Å²) in [6.45, 7) is 2.28. The van der Waals surface area contributed by atoms with Crippen LogP contribution >= 0.6 is 0 Å². The van der Waals surface area contributed by atoms with E-state index in [1.165, 1.54) is 0 Å². The van der Waals surface area contributed by atoms with Gasteiger partial charge in [0.15, 0.2) is 0 Å². The average molecular weight is 406 g/mol. The highest BCUT2D eigenvalue weighted by atomic mass is 16.3. The van der Waals surface area contributed by atoms with Gasteiger partial charge in [0.2, 0.25) is 5.88 Å². The molecule has 0 aliphatic heterocycles. The summed E-state index contributed by atoms with van der Waals surface area (Å²) >= 11 is 0. The number of rotatable bonds is 6. The van der Waals surface area contributed by atoms with Crippen LogP contribution in [0.25, 0.3) is 5.69 Å². The van der Waals surface area contributed by atoms with E-state index in [0.717, 1.165) is 21.9 Å². The van der Waals surface area contributed by atoms with Crippen molar-refractivity contribution in [1.82, 2.24) is 14.9 Å². The molecule has 0 aliphatic rings. The van der Waals surface area contributed by atoms with Gasteiger partial charge in [-0.25, -0.2) is 19.1 Å². The Morgan fingerprint density at radius 1 is 1.13 bits per heavy atom. The van der Waals surface area contributed by atoms with E-state index in [0.29, 0.717) is 25.1 Å². The van der Waals surface area contributed by atoms with Gasteiger partial charge >= 0.3 is 11.7 Å². The number of benzene rings is 2. The minimum Gasteiger partial charge on any atom is -0.493 e. The van der Waals surface area contributed by atoms with Gasteiger partial charge < -0.3 is 10.4 Å². The molecule has 8 nitrogen and oxygen atoms in total. The molecule has 0 spiro atoms. The summed E-state index contributed by atoms with van der Waals surface area (Å²) in [6, 6.07) is 16.0. The highest BCUT2D eigenvalue weighted by molar-refractivity contribution is 5.92. The Bertz CT molecular complexity index is 1180. The summed E-state index contributed by atoms with van der Waals surface area (Å²) in [5.74, 6) is -0.578. The highest BCUT2D eigenvalue weighted by Gasteiger charge is 2.16. The Labute approximate surface area is 172 Å². The lowest BCUT2D eigenvalue weighted by atomic mass is 10.1. The quantitative estimate of drug-likeness (QED) is 0.544. The second-order valence-electron chi connectivity index (χ2n) is 6.54. The first kappa shape index (κ1) is 20.8. The van der Waals surface area contributed by atoms with E-state index in [1.807, 2.05) is 49.4 Å². The lowest BCUT2D eigenvalue weighted by Crippen LogP contribution is -2.32. The number of aromatic nitrogens is 2. The average Bonchev–Trinajstić information content (AvgIpc) is 2.74.